The summed E-state index contributed by atoms with van der Waals surface area (Å²) in [6.07, 6.45) is 5.42. The van der Waals surface area contributed by atoms with Crippen molar-refractivity contribution in [3.8, 4) is 28.3 Å². The van der Waals surface area contributed by atoms with Gasteiger partial charge in [0, 0.05) is 75.4 Å². The number of amides is 2. The smallest absolute Gasteiger partial charge is 0.481 e. The van der Waals surface area contributed by atoms with Crippen LogP contribution >= 0.6 is 23.2 Å². The number of nitrogens with zero attached hydrogens (tertiary/aromatic N) is 7. The number of hydrogen-bond donors (Lipinski definition) is 1. The maximum atomic E-state index is 12.6. The van der Waals surface area contributed by atoms with Gasteiger partial charge in [0.1, 0.15) is 0 Å². The Bertz CT molecular complexity index is 2390. The first kappa shape index (κ1) is 40.3. The van der Waals surface area contributed by atoms with E-state index in [-0.39, 0.29) is 39.5 Å². The SMILES string of the molecule is COCCN1C[C@]2(CCN([C@@H]3CCc4cc(-c5cccc(-c6ccc[c-]c6Cl)c5Cl)nc(OC)c43)C2)NC1=O.Cc1n[c-]c2c(=O)n(C)c(=O)n(C)c2n1.[Ni+2]. The fraction of sp³-hybridized carbons (Fsp3) is 0.385. The fourth-order valence-electron chi connectivity index (χ4n) is 7.75. The summed E-state index contributed by atoms with van der Waals surface area (Å²) in [6.45, 7) is 5.25. The molecule has 13 nitrogen and oxygen atoms in total. The Morgan fingerprint density at radius 3 is 2.53 bits per heavy atom. The Morgan fingerprint density at radius 2 is 1.78 bits per heavy atom. The summed E-state index contributed by atoms with van der Waals surface area (Å²) < 4.78 is 13.4. The van der Waals surface area contributed by atoms with E-state index in [1.165, 1.54) is 17.2 Å². The van der Waals surface area contributed by atoms with Crippen LogP contribution < -0.4 is 21.3 Å². The summed E-state index contributed by atoms with van der Waals surface area (Å²) in [7, 11) is 6.31. The van der Waals surface area contributed by atoms with Gasteiger partial charge in [0.15, 0.2) is 5.56 Å². The Balaban J connectivity index is 0.000000270. The van der Waals surface area contributed by atoms with E-state index in [4.69, 9.17) is 37.7 Å². The molecule has 2 aromatic carbocycles. The maximum Gasteiger partial charge on any atom is 2.00 e. The molecule has 0 unspecified atom stereocenters. The predicted molar refractivity (Wildman–Crippen MR) is 206 cm³/mol. The van der Waals surface area contributed by atoms with Gasteiger partial charge in [-0.05, 0) is 49.4 Å². The molecule has 2 fully saturated rings. The van der Waals surface area contributed by atoms with Crippen molar-refractivity contribution in [2.75, 3.05) is 47.0 Å². The number of pyridine rings is 1. The van der Waals surface area contributed by atoms with Gasteiger partial charge >= 0.3 is 28.2 Å². The number of aromatic nitrogens is 5. The van der Waals surface area contributed by atoms with Gasteiger partial charge in [-0.25, -0.2) is 14.6 Å². The van der Waals surface area contributed by atoms with Crippen molar-refractivity contribution >= 4 is 40.3 Å². The zero-order valence-corrected chi connectivity index (χ0v) is 33.5. The zero-order chi connectivity index (χ0) is 38.3. The van der Waals surface area contributed by atoms with E-state index in [0.29, 0.717) is 47.1 Å². The molecule has 1 aliphatic carbocycles. The molecule has 290 valence electrons. The Kier molecular flexibility index (Phi) is 12.0. The number of aryl methyl sites for hydroxylation is 3. The van der Waals surface area contributed by atoms with E-state index in [2.05, 4.69) is 38.5 Å². The van der Waals surface area contributed by atoms with Gasteiger partial charge in [-0.2, -0.15) is 24.3 Å². The molecular formula is C39H40Cl2N8NiO5. The van der Waals surface area contributed by atoms with Crippen molar-refractivity contribution in [2.45, 2.75) is 37.8 Å². The molecule has 3 aromatic heterocycles. The van der Waals surface area contributed by atoms with Gasteiger partial charge in [0.25, 0.3) is 0 Å². The minimum Gasteiger partial charge on any atom is -0.481 e. The first-order valence-electron chi connectivity index (χ1n) is 17.6. The quantitative estimate of drug-likeness (QED) is 0.182. The fourth-order valence-corrected chi connectivity index (χ4v) is 8.30. The number of ether oxygens (including phenoxy) is 2. The van der Waals surface area contributed by atoms with E-state index >= 15 is 0 Å². The molecule has 2 aliphatic heterocycles. The van der Waals surface area contributed by atoms with Crippen molar-refractivity contribution in [2.24, 2.45) is 14.1 Å². The molecule has 0 radical (unpaired) electrons. The first-order chi connectivity index (χ1) is 25.9. The largest absolute Gasteiger partial charge is 2.00 e. The Labute approximate surface area is 338 Å². The summed E-state index contributed by atoms with van der Waals surface area (Å²) in [6, 6.07) is 16.9. The van der Waals surface area contributed by atoms with E-state index in [9.17, 15) is 14.4 Å². The standard InChI is InChI=1S/C30H31Cl2N4O3.C9H9N4O2.Ni/c1-38-15-14-36-18-30(34-29(36)37)12-13-35(17-30)25-11-10-19-16-24(33-28(39-2)26(19)25)22-8-5-7-21(27(22)32)20-6-3-4-9-23(20)31;1-5-10-4-6-7(11-5)12(2)9(15)13(3)8(6)14;/h3-8,16,25H,10-15,17-18H2,1-2H3,(H,34,37);1-3H3;/q2*-1;+2/t25-,30-;;/m1../s1. The number of fused-ring (bicyclic) bond motifs is 2. The van der Waals surface area contributed by atoms with Gasteiger partial charge in [0.2, 0.25) is 5.88 Å². The maximum absolute atomic E-state index is 12.6. The number of benzene rings is 2. The van der Waals surface area contributed by atoms with Gasteiger partial charge in [-0.1, -0.05) is 40.4 Å². The molecule has 0 bridgehead atoms. The van der Waals surface area contributed by atoms with Crippen molar-refractivity contribution in [1.82, 2.24) is 39.2 Å². The summed E-state index contributed by atoms with van der Waals surface area (Å²) in [5.74, 6) is 1.11. The monoisotopic (exact) mass is 828 g/mol. The number of hydrogen-bond acceptors (Lipinski definition) is 9. The van der Waals surface area contributed by atoms with Crippen LogP contribution in [0.5, 0.6) is 5.88 Å². The average molecular weight is 830 g/mol. The van der Waals surface area contributed by atoms with Crippen LogP contribution in [0.4, 0.5) is 4.79 Å². The van der Waals surface area contributed by atoms with Crippen LogP contribution in [0.3, 0.4) is 0 Å². The van der Waals surface area contributed by atoms with Gasteiger partial charge < -0.3 is 43.6 Å². The average Bonchev–Trinajstić information content (AvgIpc) is 3.88. The molecule has 8 rings (SSSR count). The van der Waals surface area contributed by atoms with Crippen molar-refractivity contribution in [3.05, 3.63) is 103 Å². The van der Waals surface area contributed by atoms with Crippen LogP contribution in [-0.2, 0) is 41.7 Å². The second kappa shape index (κ2) is 16.4. The molecular weight excluding hydrogens is 790 g/mol. The molecule has 1 spiro atoms. The van der Waals surface area contributed by atoms with E-state index in [0.717, 1.165) is 64.9 Å². The molecule has 0 saturated carbocycles. The Morgan fingerprint density at radius 1 is 1.02 bits per heavy atom. The second-order valence-electron chi connectivity index (χ2n) is 13.8. The predicted octanol–water partition coefficient (Wildman–Crippen LogP) is 4.77. The van der Waals surface area contributed by atoms with E-state index < -0.39 is 11.2 Å². The minimum absolute atomic E-state index is 0. The van der Waals surface area contributed by atoms with Crippen LogP contribution in [0.15, 0.2) is 52.1 Å². The summed E-state index contributed by atoms with van der Waals surface area (Å²) >= 11 is 13.4. The van der Waals surface area contributed by atoms with Crippen LogP contribution in [0.1, 0.15) is 35.8 Å². The first-order valence-corrected chi connectivity index (χ1v) is 18.4. The topological polar surface area (TPSA) is 137 Å². The van der Waals surface area contributed by atoms with Crippen molar-refractivity contribution in [3.63, 3.8) is 0 Å². The molecule has 5 heterocycles. The Hall–Kier alpha value is -4.33. The van der Waals surface area contributed by atoms with Crippen LogP contribution in [-0.4, -0.2) is 92.5 Å². The summed E-state index contributed by atoms with van der Waals surface area (Å²) in [5.41, 5.74) is 4.94. The third-order valence-corrected chi connectivity index (χ3v) is 11.2. The number of nitrogens with one attached hydrogen (secondary N) is 1. The minimum atomic E-state index is -0.423. The molecule has 2 amide bonds. The number of urea groups is 1. The van der Waals surface area contributed by atoms with Crippen LogP contribution in [0, 0.1) is 19.2 Å². The molecule has 3 aliphatic rings. The summed E-state index contributed by atoms with van der Waals surface area (Å²) in [5, 5.41) is 4.62. The molecule has 5 aromatic rings. The number of rotatable bonds is 7. The van der Waals surface area contributed by atoms with Gasteiger partial charge in [0.05, 0.1) is 30.6 Å². The van der Waals surface area contributed by atoms with Gasteiger partial charge in [-0.15, -0.1) is 17.2 Å². The number of methoxy groups -OCH3 is 2. The molecule has 1 N–H and O–H groups in total. The van der Waals surface area contributed by atoms with Crippen molar-refractivity contribution < 1.29 is 30.8 Å². The van der Waals surface area contributed by atoms with Gasteiger partial charge in [-0.3, -0.25) is 4.90 Å². The number of carbonyl (C=O) groups is 1. The zero-order valence-electron chi connectivity index (χ0n) is 31.0. The molecule has 2 atom stereocenters. The van der Waals surface area contributed by atoms with Crippen LogP contribution in [0.2, 0.25) is 10.0 Å². The normalized spacial score (nSPS) is 18.9. The molecule has 55 heavy (non-hydrogen) atoms. The van der Waals surface area contributed by atoms with E-state index in [1.54, 1.807) is 34.3 Å². The molecule has 2 saturated heterocycles. The van der Waals surface area contributed by atoms with E-state index in [1.807, 2.05) is 35.2 Å². The third kappa shape index (κ3) is 7.63. The third-order valence-electron chi connectivity index (χ3n) is 10.5. The number of halogens is 2. The van der Waals surface area contributed by atoms with Crippen molar-refractivity contribution in [1.29, 1.82) is 0 Å². The summed E-state index contributed by atoms with van der Waals surface area (Å²) in [4.78, 5) is 53.0. The number of carbonyl (C=O) groups excluding carboxylic acids is 1. The molecule has 16 heteroatoms. The number of likely N-dealkylation sites (tertiary alicyclic amines) is 1. The second-order valence-corrected chi connectivity index (χ2v) is 14.6. The van der Waals surface area contributed by atoms with Crippen LogP contribution in [0.25, 0.3) is 33.4 Å².